The fraction of sp³-hybridized carbons (Fsp3) is 0.846. The van der Waals surface area contributed by atoms with Gasteiger partial charge in [-0.25, -0.2) is 4.79 Å². The van der Waals surface area contributed by atoms with E-state index in [9.17, 15) is 9.59 Å². The summed E-state index contributed by atoms with van der Waals surface area (Å²) in [5.41, 5.74) is -0.695. The van der Waals surface area contributed by atoms with Gasteiger partial charge in [-0.05, 0) is 41.0 Å². The van der Waals surface area contributed by atoms with E-state index in [1.54, 1.807) is 7.05 Å². The molecule has 0 aromatic rings. The Labute approximate surface area is 109 Å². The zero-order valence-corrected chi connectivity index (χ0v) is 12.2. The van der Waals surface area contributed by atoms with Crippen molar-refractivity contribution in [1.29, 1.82) is 0 Å². The number of nitrogens with one attached hydrogen (secondary N) is 1. The van der Waals surface area contributed by atoms with Gasteiger partial charge >= 0.3 is 6.09 Å². The van der Waals surface area contributed by atoms with Crippen molar-refractivity contribution >= 4 is 12.0 Å². The molecule has 1 fully saturated rings. The van der Waals surface area contributed by atoms with Gasteiger partial charge in [-0.3, -0.25) is 4.79 Å². The number of carbonyl (C=O) groups excluding carboxylic acids is 2. The Hall–Kier alpha value is -1.26. The molecule has 1 unspecified atom stereocenters. The van der Waals surface area contributed by atoms with Crippen molar-refractivity contribution in [3.8, 4) is 0 Å². The highest BCUT2D eigenvalue weighted by molar-refractivity contribution is 5.82. The van der Waals surface area contributed by atoms with E-state index in [4.69, 9.17) is 4.74 Å². The van der Waals surface area contributed by atoms with Gasteiger partial charge in [0, 0.05) is 19.1 Å². The summed E-state index contributed by atoms with van der Waals surface area (Å²) in [6, 6.07) is 0. The van der Waals surface area contributed by atoms with E-state index in [1.165, 1.54) is 4.90 Å². The molecule has 1 N–H and O–H groups in total. The topological polar surface area (TPSA) is 58.6 Å². The van der Waals surface area contributed by atoms with Crippen LogP contribution in [0.15, 0.2) is 0 Å². The van der Waals surface area contributed by atoms with Gasteiger partial charge in [-0.1, -0.05) is 0 Å². The van der Waals surface area contributed by atoms with Crippen LogP contribution in [-0.2, 0) is 9.53 Å². The second-order valence-electron chi connectivity index (χ2n) is 6.64. The van der Waals surface area contributed by atoms with E-state index in [0.717, 1.165) is 6.42 Å². The Bertz CT molecular complexity index is 345. The minimum Gasteiger partial charge on any atom is -0.444 e. The van der Waals surface area contributed by atoms with Crippen LogP contribution in [-0.4, -0.2) is 41.6 Å². The highest BCUT2D eigenvalue weighted by atomic mass is 16.6. The molecule has 0 radical (unpaired) electrons. The molecule has 1 atom stereocenters. The van der Waals surface area contributed by atoms with E-state index in [2.05, 4.69) is 5.32 Å². The maximum absolute atomic E-state index is 11.8. The van der Waals surface area contributed by atoms with Crippen molar-refractivity contribution in [2.24, 2.45) is 5.92 Å². The summed E-state index contributed by atoms with van der Waals surface area (Å²) >= 11 is 0. The number of hydrogen-bond acceptors (Lipinski definition) is 3. The minimum absolute atomic E-state index is 0.00964. The van der Waals surface area contributed by atoms with Crippen LogP contribution >= 0.6 is 0 Å². The number of hydrogen-bond donors (Lipinski definition) is 1. The van der Waals surface area contributed by atoms with Gasteiger partial charge in [-0.15, -0.1) is 0 Å². The Kier molecular flexibility index (Phi) is 3.93. The lowest BCUT2D eigenvalue weighted by Gasteiger charge is -2.26. The third-order valence-corrected chi connectivity index (χ3v) is 2.79. The normalized spacial score (nSPS) is 22.6. The molecule has 1 heterocycles. The van der Waals surface area contributed by atoms with E-state index in [0.29, 0.717) is 6.54 Å². The van der Waals surface area contributed by atoms with Crippen molar-refractivity contribution < 1.29 is 14.3 Å². The Morgan fingerprint density at radius 3 is 2.44 bits per heavy atom. The summed E-state index contributed by atoms with van der Waals surface area (Å²) in [7, 11) is 1.66. The fourth-order valence-corrected chi connectivity index (χ4v) is 2.09. The summed E-state index contributed by atoms with van der Waals surface area (Å²) in [6.45, 7) is 9.83. The zero-order valence-electron chi connectivity index (χ0n) is 12.2. The summed E-state index contributed by atoms with van der Waals surface area (Å²) < 4.78 is 5.25. The first kappa shape index (κ1) is 14.8. The molecule has 1 saturated heterocycles. The molecule has 5 nitrogen and oxygen atoms in total. The third kappa shape index (κ3) is 4.20. The number of amides is 2. The van der Waals surface area contributed by atoms with Crippen molar-refractivity contribution in [3.05, 3.63) is 0 Å². The Morgan fingerprint density at radius 2 is 2.06 bits per heavy atom. The average molecular weight is 256 g/mol. The first-order valence-electron chi connectivity index (χ1n) is 6.26. The molecule has 18 heavy (non-hydrogen) atoms. The van der Waals surface area contributed by atoms with Crippen LogP contribution in [0, 0.1) is 5.92 Å². The molecule has 0 spiro atoms. The largest absolute Gasteiger partial charge is 0.444 e. The Balaban J connectivity index is 2.53. The summed E-state index contributed by atoms with van der Waals surface area (Å²) in [6.07, 6.45) is 0.346. The van der Waals surface area contributed by atoms with Crippen molar-refractivity contribution in [1.82, 2.24) is 10.2 Å². The van der Waals surface area contributed by atoms with Gasteiger partial charge in [0.25, 0.3) is 0 Å². The third-order valence-electron chi connectivity index (χ3n) is 2.79. The number of ether oxygens (including phenoxy) is 1. The van der Waals surface area contributed by atoms with Crippen LogP contribution in [0.2, 0.25) is 0 Å². The van der Waals surface area contributed by atoms with Crippen LogP contribution in [0.5, 0.6) is 0 Å². The molecule has 2 amide bonds. The number of nitrogens with zero attached hydrogens (tertiary/aromatic N) is 1. The van der Waals surface area contributed by atoms with E-state index < -0.39 is 5.60 Å². The van der Waals surface area contributed by atoms with E-state index in [-0.39, 0.29) is 23.5 Å². The highest BCUT2D eigenvalue weighted by Crippen LogP contribution is 2.25. The molecule has 0 aromatic carbocycles. The van der Waals surface area contributed by atoms with Gasteiger partial charge in [0.05, 0.1) is 5.92 Å². The molecule has 0 aliphatic carbocycles. The minimum atomic E-state index is -0.511. The van der Waals surface area contributed by atoms with Crippen molar-refractivity contribution in [3.63, 3.8) is 0 Å². The second-order valence-corrected chi connectivity index (χ2v) is 6.64. The number of rotatable bonds is 2. The molecule has 0 aromatic heterocycles. The lowest BCUT2D eigenvalue weighted by Crippen LogP contribution is -2.38. The quantitative estimate of drug-likeness (QED) is 0.819. The summed E-state index contributed by atoms with van der Waals surface area (Å²) in [5, 5.41) is 2.92. The predicted octanol–water partition coefficient (Wildman–Crippen LogP) is 1.77. The van der Waals surface area contributed by atoms with Gasteiger partial charge in [0.2, 0.25) is 5.91 Å². The van der Waals surface area contributed by atoms with Crippen LogP contribution in [0.3, 0.4) is 0 Å². The molecular formula is C13H24N2O3. The zero-order chi connectivity index (χ0) is 14.1. The smallest absolute Gasteiger partial charge is 0.410 e. The monoisotopic (exact) mass is 256 g/mol. The molecule has 1 rings (SSSR count). The predicted molar refractivity (Wildman–Crippen MR) is 69.2 cm³/mol. The highest BCUT2D eigenvalue weighted by Gasteiger charge is 2.38. The van der Waals surface area contributed by atoms with Gasteiger partial charge in [0.1, 0.15) is 5.60 Å². The van der Waals surface area contributed by atoms with E-state index >= 15 is 0 Å². The first-order chi connectivity index (χ1) is 8.00. The van der Waals surface area contributed by atoms with Crippen LogP contribution in [0.1, 0.15) is 41.0 Å². The summed E-state index contributed by atoms with van der Waals surface area (Å²) in [5.74, 6) is -0.145. The maximum Gasteiger partial charge on any atom is 0.410 e. The molecule has 0 bridgehead atoms. The lowest BCUT2D eigenvalue weighted by atomic mass is 9.96. The molecule has 1 aliphatic rings. The van der Waals surface area contributed by atoms with Crippen LogP contribution < -0.4 is 5.32 Å². The van der Waals surface area contributed by atoms with Gasteiger partial charge in [0.15, 0.2) is 0 Å². The maximum atomic E-state index is 11.8. The van der Waals surface area contributed by atoms with Crippen molar-refractivity contribution in [2.75, 3.05) is 13.6 Å². The van der Waals surface area contributed by atoms with Crippen molar-refractivity contribution in [2.45, 2.75) is 52.2 Å². The fourth-order valence-electron chi connectivity index (χ4n) is 2.09. The SMILES string of the molecule is CN(CC1CC(C)(C)NC1=O)C(=O)OC(C)(C)C. The Morgan fingerprint density at radius 1 is 1.50 bits per heavy atom. The van der Waals surface area contributed by atoms with Gasteiger partial charge in [-0.2, -0.15) is 0 Å². The van der Waals surface area contributed by atoms with Crippen LogP contribution in [0.25, 0.3) is 0 Å². The summed E-state index contributed by atoms with van der Waals surface area (Å²) in [4.78, 5) is 25.0. The lowest BCUT2D eigenvalue weighted by molar-refractivity contribution is -0.123. The average Bonchev–Trinajstić information content (AvgIpc) is 2.36. The molecular weight excluding hydrogens is 232 g/mol. The standard InChI is InChI=1S/C13H24N2O3/c1-12(2,3)18-11(17)15(6)8-9-7-13(4,5)14-10(9)16/h9H,7-8H2,1-6H3,(H,14,16). The van der Waals surface area contributed by atoms with Gasteiger partial charge < -0.3 is 15.0 Å². The molecule has 5 heteroatoms. The molecule has 0 saturated carbocycles. The molecule has 104 valence electrons. The second kappa shape index (κ2) is 4.78. The van der Waals surface area contributed by atoms with Crippen LogP contribution in [0.4, 0.5) is 4.79 Å². The van der Waals surface area contributed by atoms with E-state index in [1.807, 2.05) is 34.6 Å². The molecule has 1 aliphatic heterocycles. The number of carbonyl (C=O) groups is 2. The first-order valence-corrected chi connectivity index (χ1v) is 6.26.